The maximum absolute atomic E-state index is 11.9. The molecular weight excluding hydrogens is 212 g/mol. The molecule has 1 heterocycles. The maximum Gasteiger partial charge on any atom is 0.235 e. The van der Waals surface area contributed by atoms with E-state index in [1.165, 1.54) is 0 Å². The van der Waals surface area contributed by atoms with Crippen molar-refractivity contribution in [2.45, 2.75) is 11.8 Å². The first-order valence-electron chi connectivity index (χ1n) is 5.00. The van der Waals surface area contributed by atoms with Gasteiger partial charge >= 0.3 is 0 Å². The van der Waals surface area contributed by atoms with Crippen LogP contribution >= 0.6 is 11.6 Å². The summed E-state index contributed by atoms with van der Waals surface area (Å²) in [4.78, 5) is 11.9. The van der Waals surface area contributed by atoms with Crippen LogP contribution in [-0.2, 0) is 10.2 Å². The number of fused-ring (bicyclic) bond motifs is 2. The Labute approximate surface area is 92.6 Å². The van der Waals surface area contributed by atoms with E-state index in [1.54, 1.807) is 6.07 Å². The van der Waals surface area contributed by atoms with E-state index >= 15 is 0 Å². The first-order chi connectivity index (χ1) is 7.20. The Balaban J connectivity index is 2.16. The highest BCUT2D eigenvalue weighted by Gasteiger charge is 2.64. The van der Waals surface area contributed by atoms with Crippen molar-refractivity contribution < 1.29 is 4.79 Å². The lowest BCUT2D eigenvalue weighted by atomic mass is 9.95. The number of carbonyl (C=O) groups is 1. The van der Waals surface area contributed by atoms with Crippen molar-refractivity contribution in [2.24, 2.45) is 11.7 Å². The molecule has 78 valence electrons. The number of hydrogen-bond donors (Lipinski definition) is 2. The number of benzene rings is 1. The van der Waals surface area contributed by atoms with Gasteiger partial charge in [-0.1, -0.05) is 23.7 Å². The number of carbonyl (C=O) groups excluding carboxylic acids is 1. The van der Waals surface area contributed by atoms with Crippen LogP contribution in [0.5, 0.6) is 0 Å². The molecule has 15 heavy (non-hydrogen) atoms. The van der Waals surface area contributed by atoms with Gasteiger partial charge in [-0.05, 0) is 30.5 Å². The fourth-order valence-corrected chi connectivity index (χ4v) is 2.81. The highest BCUT2D eigenvalue weighted by atomic mass is 35.5. The summed E-state index contributed by atoms with van der Waals surface area (Å²) in [6.07, 6.45) is 0.850. The largest absolute Gasteiger partial charge is 0.330 e. The summed E-state index contributed by atoms with van der Waals surface area (Å²) in [6.45, 7) is 0.555. The molecular formula is C11H11ClN2O. The van der Waals surface area contributed by atoms with Crippen molar-refractivity contribution in [3.8, 4) is 0 Å². The molecule has 2 aliphatic rings. The van der Waals surface area contributed by atoms with Crippen LogP contribution in [0.15, 0.2) is 18.2 Å². The van der Waals surface area contributed by atoms with Gasteiger partial charge in [0.05, 0.1) is 16.1 Å². The molecule has 0 radical (unpaired) electrons. The number of nitrogens with two attached hydrogens (primary N) is 1. The molecule has 1 amide bonds. The van der Waals surface area contributed by atoms with E-state index in [-0.39, 0.29) is 17.2 Å². The van der Waals surface area contributed by atoms with Gasteiger partial charge in [-0.15, -0.1) is 0 Å². The monoisotopic (exact) mass is 222 g/mol. The molecule has 3 rings (SSSR count). The van der Waals surface area contributed by atoms with Gasteiger partial charge in [-0.2, -0.15) is 0 Å². The van der Waals surface area contributed by atoms with Crippen LogP contribution in [0.25, 0.3) is 0 Å². The van der Waals surface area contributed by atoms with Gasteiger partial charge in [0, 0.05) is 0 Å². The van der Waals surface area contributed by atoms with Crippen molar-refractivity contribution in [3.05, 3.63) is 28.8 Å². The van der Waals surface area contributed by atoms with Crippen molar-refractivity contribution in [1.82, 2.24) is 0 Å². The second-order valence-corrected chi connectivity index (χ2v) is 4.63. The average Bonchev–Trinajstić information content (AvgIpc) is 2.89. The lowest BCUT2D eigenvalue weighted by molar-refractivity contribution is -0.118. The van der Waals surface area contributed by atoms with Crippen LogP contribution in [0.3, 0.4) is 0 Å². The van der Waals surface area contributed by atoms with E-state index in [0.717, 1.165) is 17.7 Å². The van der Waals surface area contributed by atoms with E-state index in [2.05, 4.69) is 5.32 Å². The summed E-state index contributed by atoms with van der Waals surface area (Å²) in [7, 11) is 0. The van der Waals surface area contributed by atoms with Crippen LogP contribution in [0.1, 0.15) is 12.0 Å². The number of para-hydroxylation sites is 1. The number of nitrogens with one attached hydrogen (secondary N) is 1. The zero-order chi connectivity index (χ0) is 10.6. The van der Waals surface area contributed by atoms with Crippen LogP contribution in [0, 0.1) is 5.92 Å². The molecule has 0 bridgehead atoms. The third-order valence-corrected chi connectivity index (χ3v) is 3.84. The van der Waals surface area contributed by atoms with Crippen LogP contribution in [0.4, 0.5) is 5.69 Å². The van der Waals surface area contributed by atoms with Gasteiger partial charge in [0.1, 0.15) is 0 Å². The SMILES string of the molecule is NCC1CC12C(=O)Nc1c(Cl)cccc12. The third kappa shape index (κ3) is 0.971. The van der Waals surface area contributed by atoms with Gasteiger partial charge in [0.2, 0.25) is 5.91 Å². The summed E-state index contributed by atoms with van der Waals surface area (Å²) in [5.41, 5.74) is 7.07. The summed E-state index contributed by atoms with van der Waals surface area (Å²) in [6, 6.07) is 5.64. The fourth-order valence-electron chi connectivity index (χ4n) is 2.59. The molecule has 1 fully saturated rings. The summed E-state index contributed by atoms with van der Waals surface area (Å²) in [5, 5.41) is 3.47. The lowest BCUT2D eigenvalue weighted by Gasteiger charge is -2.06. The number of hydrogen-bond acceptors (Lipinski definition) is 2. The van der Waals surface area contributed by atoms with E-state index in [1.807, 2.05) is 12.1 Å². The summed E-state index contributed by atoms with van der Waals surface area (Å²) in [5.74, 6) is 0.332. The summed E-state index contributed by atoms with van der Waals surface area (Å²) < 4.78 is 0. The smallest absolute Gasteiger partial charge is 0.235 e. The lowest BCUT2D eigenvalue weighted by Crippen LogP contribution is -2.23. The van der Waals surface area contributed by atoms with Gasteiger partial charge < -0.3 is 11.1 Å². The molecule has 0 saturated heterocycles. The molecule has 1 aliphatic heterocycles. The molecule has 1 aromatic carbocycles. The molecule has 1 spiro atoms. The molecule has 2 atom stereocenters. The number of halogens is 1. The van der Waals surface area contributed by atoms with Crippen LogP contribution in [-0.4, -0.2) is 12.5 Å². The minimum absolute atomic E-state index is 0.0565. The molecule has 0 aromatic heterocycles. The van der Waals surface area contributed by atoms with Gasteiger partial charge in [0.15, 0.2) is 0 Å². The highest BCUT2D eigenvalue weighted by molar-refractivity contribution is 6.35. The van der Waals surface area contributed by atoms with Crippen molar-refractivity contribution in [2.75, 3.05) is 11.9 Å². The van der Waals surface area contributed by atoms with E-state index in [9.17, 15) is 4.79 Å². The second-order valence-electron chi connectivity index (χ2n) is 4.22. The molecule has 1 aromatic rings. The predicted molar refractivity (Wildman–Crippen MR) is 58.9 cm³/mol. The Morgan fingerprint density at radius 1 is 1.60 bits per heavy atom. The minimum atomic E-state index is -0.366. The van der Waals surface area contributed by atoms with Crippen molar-refractivity contribution >= 4 is 23.2 Å². The van der Waals surface area contributed by atoms with Crippen LogP contribution < -0.4 is 11.1 Å². The Bertz CT molecular complexity index is 460. The summed E-state index contributed by atoms with van der Waals surface area (Å²) >= 11 is 6.03. The fraction of sp³-hybridized carbons (Fsp3) is 0.364. The topological polar surface area (TPSA) is 55.1 Å². The predicted octanol–water partition coefficient (Wildman–Crippen LogP) is 1.51. The van der Waals surface area contributed by atoms with Gasteiger partial charge in [0.25, 0.3) is 0 Å². The zero-order valence-electron chi connectivity index (χ0n) is 8.09. The van der Waals surface area contributed by atoms with Gasteiger partial charge in [-0.25, -0.2) is 0 Å². The number of rotatable bonds is 1. The number of anilines is 1. The normalized spacial score (nSPS) is 31.6. The average molecular weight is 223 g/mol. The van der Waals surface area contributed by atoms with Crippen molar-refractivity contribution in [1.29, 1.82) is 0 Å². The number of amides is 1. The standard InChI is InChI=1S/C11H11ClN2O/c12-8-3-1-2-7-9(8)14-10(15)11(7)4-6(11)5-13/h1-3,6H,4-5,13H2,(H,14,15). The Kier molecular flexibility index (Phi) is 1.68. The maximum atomic E-state index is 11.9. The van der Waals surface area contributed by atoms with E-state index in [4.69, 9.17) is 17.3 Å². The Hall–Kier alpha value is -1.06. The molecule has 3 nitrogen and oxygen atoms in total. The highest BCUT2D eigenvalue weighted by Crippen LogP contribution is 2.60. The third-order valence-electron chi connectivity index (χ3n) is 3.53. The molecule has 4 heteroatoms. The minimum Gasteiger partial charge on any atom is -0.330 e. The molecule has 1 saturated carbocycles. The molecule has 1 aliphatic carbocycles. The van der Waals surface area contributed by atoms with Gasteiger partial charge in [-0.3, -0.25) is 4.79 Å². The van der Waals surface area contributed by atoms with E-state index in [0.29, 0.717) is 11.6 Å². The van der Waals surface area contributed by atoms with Crippen molar-refractivity contribution in [3.63, 3.8) is 0 Å². The second kappa shape index (κ2) is 2.74. The van der Waals surface area contributed by atoms with E-state index < -0.39 is 0 Å². The Morgan fingerprint density at radius 3 is 3.07 bits per heavy atom. The Morgan fingerprint density at radius 2 is 2.40 bits per heavy atom. The van der Waals surface area contributed by atoms with Crippen LogP contribution in [0.2, 0.25) is 5.02 Å². The quantitative estimate of drug-likeness (QED) is 0.757. The zero-order valence-corrected chi connectivity index (χ0v) is 8.84. The first kappa shape index (κ1) is 9.19. The molecule has 2 unspecified atom stereocenters. The first-order valence-corrected chi connectivity index (χ1v) is 5.38. The molecule has 3 N–H and O–H groups in total.